The van der Waals surface area contributed by atoms with Gasteiger partial charge in [-0.05, 0) is 105 Å². The first kappa shape index (κ1) is 27.2. The average Bonchev–Trinajstić information content (AvgIpc) is 3.03. The van der Waals surface area contributed by atoms with Crippen LogP contribution in [0.25, 0.3) is 50.2 Å². The van der Waals surface area contributed by atoms with Gasteiger partial charge in [0, 0.05) is 0 Å². The van der Waals surface area contributed by atoms with Crippen LogP contribution in [0.15, 0.2) is 127 Å². The van der Waals surface area contributed by atoms with E-state index in [9.17, 15) is 0 Å². The smallest absolute Gasteiger partial charge is 0.0178 e. The summed E-state index contributed by atoms with van der Waals surface area (Å²) >= 11 is 0. The summed E-state index contributed by atoms with van der Waals surface area (Å²) in [5.41, 5.74) is 12.9. The molecule has 0 fully saturated rings. The Morgan fingerprint density at radius 3 is 2.05 bits per heavy atom. The zero-order valence-corrected chi connectivity index (χ0v) is 24.1. The Balaban J connectivity index is 0.00000158. The summed E-state index contributed by atoms with van der Waals surface area (Å²) in [5.74, 6) is 0. The highest BCUT2D eigenvalue weighted by atomic mass is 14.1. The van der Waals surface area contributed by atoms with Crippen LogP contribution in [0.5, 0.6) is 0 Å². The normalized spacial score (nSPS) is 13.0. The van der Waals surface area contributed by atoms with Crippen molar-refractivity contribution >= 4 is 28.0 Å². The van der Waals surface area contributed by atoms with Crippen molar-refractivity contribution in [2.45, 2.75) is 40.5 Å². The first-order valence-corrected chi connectivity index (χ1v) is 14.5. The predicted molar refractivity (Wildman–Crippen MR) is 177 cm³/mol. The maximum atomic E-state index is 2.32. The quantitative estimate of drug-likeness (QED) is 0.203. The van der Waals surface area contributed by atoms with Crippen LogP contribution in [-0.4, -0.2) is 0 Å². The molecule has 0 saturated heterocycles. The number of allylic oxidation sites excluding steroid dienone is 5. The molecule has 5 aromatic carbocycles. The van der Waals surface area contributed by atoms with Gasteiger partial charge in [-0.25, -0.2) is 0 Å². The molecule has 0 unspecified atom stereocenters. The Morgan fingerprint density at radius 1 is 0.625 bits per heavy atom. The molecule has 1 aliphatic rings. The van der Waals surface area contributed by atoms with Crippen molar-refractivity contribution in [1.29, 1.82) is 0 Å². The van der Waals surface area contributed by atoms with Gasteiger partial charge < -0.3 is 0 Å². The number of benzene rings is 5. The molecule has 0 bridgehead atoms. The largest absolute Gasteiger partial charge is 0.0842 e. The maximum absolute atomic E-state index is 2.32. The molecule has 0 aromatic heterocycles. The molecule has 5 aromatic rings. The summed E-state index contributed by atoms with van der Waals surface area (Å²) in [7, 11) is 0. The monoisotopic (exact) mass is 518 g/mol. The molecule has 0 N–H and O–H groups in total. The van der Waals surface area contributed by atoms with Gasteiger partial charge in [0.15, 0.2) is 0 Å². The van der Waals surface area contributed by atoms with Crippen molar-refractivity contribution < 1.29 is 0 Å². The fraction of sp³-hybridized carbons (Fsp3) is 0.150. The molecule has 0 atom stereocenters. The Kier molecular flexibility index (Phi) is 8.57. The van der Waals surface area contributed by atoms with Crippen LogP contribution in [-0.2, 0) is 0 Å². The van der Waals surface area contributed by atoms with Crippen LogP contribution in [0.4, 0.5) is 0 Å². The first-order chi connectivity index (χ1) is 19.6. The van der Waals surface area contributed by atoms with E-state index in [2.05, 4.69) is 147 Å². The van der Waals surface area contributed by atoms with E-state index in [-0.39, 0.29) is 0 Å². The Hall–Kier alpha value is -4.42. The highest BCUT2D eigenvalue weighted by molar-refractivity contribution is 5.88. The third-order valence-corrected chi connectivity index (χ3v) is 7.65. The van der Waals surface area contributed by atoms with E-state index in [0.29, 0.717) is 0 Å². The molecule has 6 rings (SSSR count). The average molecular weight is 519 g/mol. The molecule has 0 saturated carbocycles. The van der Waals surface area contributed by atoms with Gasteiger partial charge in [-0.2, -0.15) is 0 Å². The topological polar surface area (TPSA) is 0 Å². The van der Waals surface area contributed by atoms with E-state index in [1.807, 2.05) is 13.8 Å². The van der Waals surface area contributed by atoms with Gasteiger partial charge in [0.1, 0.15) is 0 Å². The minimum Gasteiger partial charge on any atom is -0.0842 e. The zero-order chi connectivity index (χ0) is 27.9. The first-order valence-electron chi connectivity index (χ1n) is 14.5. The molecule has 0 nitrogen and oxygen atoms in total. The van der Waals surface area contributed by atoms with Gasteiger partial charge in [0.05, 0.1) is 0 Å². The summed E-state index contributed by atoms with van der Waals surface area (Å²) in [4.78, 5) is 0. The van der Waals surface area contributed by atoms with Gasteiger partial charge >= 0.3 is 0 Å². The Bertz CT molecular complexity index is 1710. The standard InChI is InChI=1S/C38H32.C2H6/c1-27(23-33-20-22-37(24-28(33)2)38-21-19-31-11-6-7-12-34(31)26-38)29-15-17-32(18-16-29)36-14-8-13-35(25-36)30-9-4-3-5-10-30;1-2/h3-4,6-9,11-26H,5,10H2,1-2H3;1-2H3/b27-23+;. The zero-order valence-electron chi connectivity index (χ0n) is 24.1. The number of rotatable bonds is 5. The van der Waals surface area contributed by atoms with E-state index < -0.39 is 0 Å². The minimum absolute atomic E-state index is 1.12. The van der Waals surface area contributed by atoms with E-state index in [4.69, 9.17) is 0 Å². The predicted octanol–water partition coefficient (Wildman–Crippen LogP) is 11.8. The Labute approximate surface area is 240 Å². The van der Waals surface area contributed by atoms with Gasteiger partial charge in [-0.15, -0.1) is 0 Å². The number of hydrogen-bond donors (Lipinski definition) is 0. The molecule has 0 aliphatic heterocycles. The summed E-state index contributed by atoms with van der Waals surface area (Å²) in [6.45, 7) is 8.41. The van der Waals surface area contributed by atoms with Gasteiger partial charge in [0.2, 0.25) is 0 Å². The summed E-state index contributed by atoms with van der Waals surface area (Å²) in [6.07, 6.45) is 11.2. The lowest BCUT2D eigenvalue weighted by atomic mass is 9.93. The van der Waals surface area contributed by atoms with Crippen molar-refractivity contribution in [3.05, 3.63) is 150 Å². The van der Waals surface area contributed by atoms with Crippen LogP contribution in [0, 0.1) is 6.92 Å². The van der Waals surface area contributed by atoms with E-state index in [1.54, 1.807) is 0 Å². The number of hydrogen-bond acceptors (Lipinski definition) is 0. The molecular weight excluding hydrogens is 480 g/mol. The highest BCUT2D eigenvalue weighted by Crippen LogP contribution is 2.30. The summed E-state index contributed by atoms with van der Waals surface area (Å²) in [5, 5.41) is 2.56. The third-order valence-electron chi connectivity index (χ3n) is 7.65. The van der Waals surface area contributed by atoms with Crippen LogP contribution in [0.2, 0.25) is 0 Å². The van der Waals surface area contributed by atoms with E-state index >= 15 is 0 Å². The van der Waals surface area contributed by atoms with Crippen LogP contribution >= 0.6 is 0 Å². The van der Waals surface area contributed by atoms with Crippen molar-refractivity contribution in [3.63, 3.8) is 0 Å². The molecular formula is C40H38. The van der Waals surface area contributed by atoms with Crippen molar-refractivity contribution in [2.24, 2.45) is 0 Å². The Morgan fingerprint density at radius 2 is 1.30 bits per heavy atom. The summed E-state index contributed by atoms with van der Waals surface area (Å²) in [6, 6.07) is 40.0. The third kappa shape index (κ3) is 6.08. The lowest BCUT2D eigenvalue weighted by Gasteiger charge is -2.12. The van der Waals surface area contributed by atoms with Crippen molar-refractivity contribution in [2.75, 3.05) is 0 Å². The number of aryl methyl sites for hydroxylation is 1. The van der Waals surface area contributed by atoms with Crippen molar-refractivity contribution in [1.82, 2.24) is 0 Å². The maximum Gasteiger partial charge on any atom is -0.0178 e. The molecule has 0 amide bonds. The molecule has 0 heterocycles. The van der Waals surface area contributed by atoms with Gasteiger partial charge in [-0.3, -0.25) is 0 Å². The number of fused-ring (bicyclic) bond motifs is 1. The van der Waals surface area contributed by atoms with Crippen molar-refractivity contribution in [3.8, 4) is 22.3 Å². The molecule has 198 valence electrons. The highest BCUT2D eigenvalue weighted by Gasteiger charge is 2.07. The molecule has 0 radical (unpaired) electrons. The summed E-state index contributed by atoms with van der Waals surface area (Å²) < 4.78 is 0. The van der Waals surface area contributed by atoms with Gasteiger partial charge in [0.25, 0.3) is 0 Å². The van der Waals surface area contributed by atoms with Crippen LogP contribution < -0.4 is 0 Å². The van der Waals surface area contributed by atoms with Crippen LogP contribution in [0.1, 0.15) is 55.9 Å². The molecule has 40 heavy (non-hydrogen) atoms. The molecule has 0 spiro atoms. The minimum atomic E-state index is 1.12. The second-order valence-electron chi connectivity index (χ2n) is 10.3. The SMILES string of the molecule is C/C(=C\c1ccc(-c2ccc3ccccc3c2)cc1C)c1ccc(-c2cccc(C3=CC=CCC3)c2)cc1.CC. The van der Waals surface area contributed by atoms with E-state index in [0.717, 1.165) is 12.8 Å². The lowest BCUT2D eigenvalue weighted by molar-refractivity contribution is 1.05. The van der Waals surface area contributed by atoms with Crippen LogP contribution in [0.3, 0.4) is 0 Å². The second kappa shape index (κ2) is 12.6. The van der Waals surface area contributed by atoms with Gasteiger partial charge in [-0.1, -0.05) is 135 Å². The second-order valence-corrected chi connectivity index (χ2v) is 10.3. The fourth-order valence-corrected chi connectivity index (χ4v) is 5.37. The molecule has 1 aliphatic carbocycles. The fourth-order valence-electron chi connectivity index (χ4n) is 5.37. The lowest BCUT2D eigenvalue weighted by Crippen LogP contribution is -1.89. The van der Waals surface area contributed by atoms with E-state index in [1.165, 1.54) is 66.4 Å². The molecule has 0 heteroatoms.